The van der Waals surface area contributed by atoms with Crippen LogP contribution in [0.4, 0.5) is 0 Å². The van der Waals surface area contributed by atoms with E-state index in [4.69, 9.17) is 0 Å². The molecule has 1 saturated heterocycles. The molecule has 0 radical (unpaired) electrons. The van der Waals surface area contributed by atoms with Gasteiger partial charge in [-0.1, -0.05) is 19.8 Å². The van der Waals surface area contributed by atoms with Gasteiger partial charge < -0.3 is 10.6 Å². The summed E-state index contributed by atoms with van der Waals surface area (Å²) < 4.78 is 0. The molecule has 14 heavy (non-hydrogen) atoms. The van der Waals surface area contributed by atoms with Crippen molar-refractivity contribution in [1.82, 2.24) is 10.6 Å². The summed E-state index contributed by atoms with van der Waals surface area (Å²) in [5.41, 5.74) is 0.617. The Kier molecular flexibility index (Phi) is 3.45. The maximum absolute atomic E-state index is 3.67. The Morgan fingerprint density at radius 2 is 2.14 bits per heavy atom. The number of rotatable bonds is 4. The van der Waals surface area contributed by atoms with E-state index < -0.39 is 0 Å². The van der Waals surface area contributed by atoms with Crippen LogP contribution in [0, 0.1) is 11.3 Å². The Hall–Kier alpha value is -0.0800. The maximum atomic E-state index is 3.67. The molecule has 0 aromatic heterocycles. The first kappa shape index (κ1) is 10.4. The van der Waals surface area contributed by atoms with Crippen molar-refractivity contribution >= 4 is 0 Å². The van der Waals surface area contributed by atoms with Crippen LogP contribution in [0.3, 0.4) is 0 Å². The van der Waals surface area contributed by atoms with Crippen molar-refractivity contribution in [3.63, 3.8) is 0 Å². The zero-order valence-corrected chi connectivity index (χ0v) is 9.44. The predicted molar refractivity (Wildman–Crippen MR) is 60.4 cm³/mol. The third kappa shape index (κ3) is 2.71. The van der Waals surface area contributed by atoms with Gasteiger partial charge in [0.1, 0.15) is 0 Å². The molecule has 2 fully saturated rings. The Bertz CT molecular complexity index is 167. The van der Waals surface area contributed by atoms with E-state index in [1.165, 1.54) is 58.3 Å². The fourth-order valence-electron chi connectivity index (χ4n) is 2.87. The molecule has 0 amide bonds. The topological polar surface area (TPSA) is 24.1 Å². The highest BCUT2D eigenvalue weighted by molar-refractivity contribution is 4.83. The van der Waals surface area contributed by atoms with Gasteiger partial charge in [-0.05, 0) is 50.2 Å². The molecule has 1 heterocycles. The van der Waals surface area contributed by atoms with E-state index in [9.17, 15) is 0 Å². The minimum Gasteiger partial charge on any atom is -0.316 e. The van der Waals surface area contributed by atoms with Gasteiger partial charge in [0, 0.05) is 6.54 Å². The van der Waals surface area contributed by atoms with Gasteiger partial charge in [0.15, 0.2) is 0 Å². The molecule has 2 heteroatoms. The lowest BCUT2D eigenvalue weighted by atomic mass is 9.89. The quantitative estimate of drug-likeness (QED) is 0.716. The molecule has 1 aliphatic heterocycles. The molecule has 0 bridgehead atoms. The highest BCUT2D eigenvalue weighted by Crippen LogP contribution is 2.36. The first-order valence-electron chi connectivity index (χ1n) is 6.20. The SMILES string of the molecule is CC1(CNCC2CCNC2)CCCC1. The van der Waals surface area contributed by atoms with Gasteiger partial charge in [-0.25, -0.2) is 0 Å². The second kappa shape index (κ2) is 4.63. The minimum absolute atomic E-state index is 0.617. The van der Waals surface area contributed by atoms with Crippen molar-refractivity contribution in [3.05, 3.63) is 0 Å². The van der Waals surface area contributed by atoms with E-state index in [1.807, 2.05) is 0 Å². The van der Waals surface area contributed by atoms with Crippen LogP contribution < -0.4 is 10.6 Å². The average molecular weight is 196 g/mol. The zero-order valence-electron chi connectivity index (χ0n) is 9.44. The lowest BCUT2D eigenvalue weighted by Gasteiger charge is -2.24. The molecule has 0 aromatic rings. The molecule has 2 aliphatic rings. The lowest BCUT2D eigenvalue weighted by molar-refractivity contribution is 0.306. The van der Waals surface area contributed by atoms with Gasteiger partial charge in [0.25, 0.3) is 0 Å². The van der Waals surface area contributed by atoms with Gasteiger partial charge in [0.05, 0.1) is 0 Å². The Morgan fingerprint density at radius 3 is 2.79 bits per heavy atom. The molecule has 1 unspecified atom stereocenters. The molecule has 82 valence electrons. The third-order valence-corrected chi connectivity index (χ3v) is 3.96. The van der Waals surface area contributed by atoms with Crippen LogP contribution in [0.2, 0.25) is 0 Å². The highest BCUT2D eigenvalue weighted by atomic mass is 14.9. The van der Waals surface area contributed by atoms with E-state index in [0.717, 1.165) is 5.92 Å². The second-order valence-electron chi connectivity index (χ2n) is 5.51. The van der Waals surface area contributed by atoms with E-state index in [2.05, 4.69) is 17.6 Å². The second-order valence-corrected chi connectivity index (χ2v) is 5.51. The third-order valence-electron chi connectivity index (χ3n) is 3.96. The van der Waals surface area contributed by atoms with Crippen LogP contribution in [0.25, 0.3) is 0 Å². The molecule has 0 spiro atoms. The smallest absolute Gasteiger partial charge is 0.000528 e. The summed E-state index contributed by atoms with van der Waals surface area (Å²) in [4.78, 5) is 0. The first-order chi connectivity index (χ1) is 6.79. The van der Waals surface area contributed by atoms with Gasteiger partial charge in [-0.2, -0.15) is 0 Å². The van der Waals surface area contributed by atoms with Crippen molar-refractivity contribution in [2.45, 2.75) is 39.0 Å². The normalized spacial score (nSPS) is 31.1. The molecule has 2 N–H and O–H groups in total. The summed E-state index contributed by atoms with van der Waals surface area (Å²) in [6.07, 6.45) is 7.13. The van der Waals surface area contributed by atoms with Crippen molar-refractivity contribution < 1.29 is 0 Å². The molecule has 0 aromatic carbocycles. The molecular weight excluding hydrogens is 172 g/mol. The van der Waals surface area contributed by atoms with Crippen LogP contribution in [0.5, 0.6) is 0 Å². The summed E-state index contributed by atoms with van der Waals surface area (Å²) in [6.45, 7) is 7.36. The van der Waals surface area contributed by atoms with Crippen LogP contribution in [0.15, 0.2) is 0 Å². The molecule has 2 rings (SSSR count). The fraction of sp³-hybridized carbons (Fsp3) is 1.00. The Balaban J connectivity index is 1.61. The summed E-state index contributed by atoms with van der Waals surface area (Å²) in [5, 5.41) is 7.09. The van der Waals surface area contributed by atoms with Gasteiger partial charge in [-0.15, -0.1) is 0 Å². The maximum Gasteiger partial charge on any atom is 0.000528 e. The van der Waals surface area contributed by atoms with E-state index in [0.29, 0.717) is 5.41 Å². The van der Waals surface area contributed by atoms with Crippen molar-refractivity contribution in [3.8, 4) is 0 Å². The first-order valence-corrected chi connectivity index (χ1v) is 6.20. The summed E-state index contributed by atoms with van der Waals surface area (Å²) in [5.74, 6) is 0.889. The zero-order chi connectivity index (χ0) is 9.86. The number of hydrogen-bond donors (Lipinski definition) is 2. The Morgan fingerprint density at radius 1 is 1.36 bits per heavy atom. The van der Waals surface area contributed by atoms with Crippen molar-refractivity contribution in [2.24, 2.45) is 11.3 Å². The highest BCUT2D eigenvalue weighted by Gasteiger charge is 2.28. The van der Waals surface area contributed by atoms with Crippen LogP contribution >= 0.6 is 0 Å². The van der Waals surface area contributed by atoms with E-state index in [-0.39, 0.29) is 0 Å². The summed E-state index contributed by atoms with van der Waals surface area (Å²) in [6, 6.07) is 0. The van der Waals surface area contributed by atoms with Crippen LogP contribution in [0.1, 0.15) is 39.0 Å². The monoisotopic (exact) mass is 196 g/mol. The van der Waals surface area contributed by atoms with E-state index >= 15 is 0 Å². The van der Waals surface area contributed by atoms with Crippen molar-refractivity contribution in [2.75, 3.05) is 26.2 Å². The van der Waals surface area contributed by atoms with Crippen LogP contribution in [-0.2, 0) is 0 Å². The number of hydrogen-bond acceptors (Lipinski definition) is 2. The number of nitrogens with one attached hydrogen (secondary N) is 2. The molecule has 1 saturated carbocycles. The molecule has 1 atom stereocenters. The summed E-state index contributed by atoms with van der Waals surface area (Å²) >= 11 is 0. The van der Waals surface area contributed by atoms with Gasteiger partial charge in [0.2, 0.25) is 0 Å². The largest absolute Gasteiger partial charge is 0.316 e. The minimum atomic E-state index is 0.617. The summed E-state index contributed by atoms with van der Waals surface area (Å²) in [7, 11) is 0. The fourth-order valence-corrected chi connectivity index (χ4v) is 2.87. The standard InChI is InChI=1S/C12H24N2/c1-12(5-2-3-6-12)10-14-9-11-4-7-13-8-11/h11,13-14H,2-10H2,1H3. The molecular formula is C12H24N2. The lowest BCUT2D eigenvalue weighted by Crippen LogP contribution is -2.33. The Labute approximate surface area is 87.8 Å². The van der Waals surface area contributed by atoms with Gasteiger partial charge in [-0.3, -0.25) is 0 Å². The predicted octanol–water partition coefficient (Wildman–Crippen LogP) is 1.77. The average Bonchev–Trinajstić information content (AvgIpc) is 2.77. The molecule has 1 aliphatic carbocycles. The van der Waals surface area contributed by atoms with Crippen LogP contribution in [-0.4, -0.2) is 26.2 Å². The van der Waals surface area contributed by atoms with Crippen molar-refractivity contribution in [1.29, 1.82) is 0 Å². The molecule has 2 nitrogen and oxygen atoms in total. The van der Waals surface area contributed by atoms with Gasteiger partial charge >= 0.3 is 0 Å². The van der Waals surface area contributed by atoms with E-state index in [1.54, 1.807) is 0 Å².